The van der Waals surface area contributed by atoms with Gasteiger partial charge in [-0.1, -0.05) is 18.2 Å². The van der Waals surface area contributed by atoms with E-state index in [-0.39, 0.29) is 11.9 Å². The summed E-state index contributed by atoms with van der Waals surface area (Å²) in [7, 11) is 0. The quantitative estimate of drug-likeness (QED) is 0.701. The smallest absolute Gasteiger partial charge is 0.269 e. The SMILES string of the molecule is Cc1ccc2cccc(OCCNC(=O)c3ccnn3C(C)C)c2n1. The number of hydrogen-bond acceptors (Lipinski definition) is 4. The normalized spacial score (nSPS) is 11.0. The Morgan fingerprint density at radius 2 is 2.08 bits per heavy atom. The van der Waals surface area contributed by atoms with Crippen molar-refractivity contribution in [2.45, 2.75) is 26.8 Å². The Kier molecular flexibility index (Phi) is 4.97. The molecular weight excluding hydrogens is 316 g/mol. The number of rotatable bonds is 6. The van der Waals surface area contributed by atoms with Crippen molar-refractivity contribution in [1.29, 1.82) is 0 Å². The zero-order valence-electron chi connectivity index (χ0n) is 14.7. The van der Waals surface area contributed by atoms with Crippen molar-refractivity contribution in [3.05, 3.63) is 54.0 Å². The van der Waals surface area contributed by atoms with Gasteiger partial charge in [-0.15, -0.1) is 0 Å². The van der Waals surface area contributed by atoms with Gasteiger partial charge in [0.2, 0.25) is 0 Å². The van der Waals surface area contributed by atoms with Crippen LogP contribution in [0.3, 0.4) is 0 Å². The molecule has 0 unspecified atom stereocenters. The first kappa shape index (κ1) is 17.0. The maximum atomic E-state index is 12.3. The van der Waals surface area contributed by atoms with Crippen LogP contribution in [-0.2, 0) is 0 Å². The number of benzene rings is 1. The molecule has 2 heterocycles. The molecule has 0 saturated carbocycles. The number of para-hydroxylation sites is 1. The van der Waals surface area contributed by atoms with Crippen molar-refractivity contribution in [3.8, 4) is 5.75 Å². The molecule has 0 radical (unpaired) electrons. The molecule has 2 aromatic heterocycles. The van der Waals surface area contributed by atoms with Gasteiger partial charge in [-0.25, -0.2) is 4.98 Å². The number of nitrogens with one attached hydrogen (secondary N) is 1. The Morgan fingerprint density at radius 3 is 2.88 bits per heavy atom. The van der Waals surface area contributed by atoms with Crippen molar-refractivity contribution in [1.82, 2.24) is 20.1 Å². The van der Waals surface area contributed by atoms with Gasteiger partial charge in [-0.3, -0.25) is 9.48 Å². The predicted molar refractivity (Wildman–Crippen MR) is 96.9 cm³/mol. The van der Waals surface area contributed by atoms with Gasteiger partial charge in [-0.05, 0) is 39.0 Å². The predicted octanol–water partition coefficient (Wildman–Crippen LogP) is 3.13. The second kappa shape index (κ2) is 7.34. The molecule has 6 nitrogen and oxygen atoms in total. The number of nitrogens with zero attached hydrogens (tertiary/aromatic N) is 3. The van der Waals surface area contributed by atoms with Crippen LogP contribution >= 0.6 is 0 Å². The van der Waals surface area contributed by atoms with Crippen molar-refractivity contribution < 1.29 is 9.53 Å². The molecule has 3 rings (SSSR count). The molecule has 0 fully saturated rings. The van der Waals surface area contributed by atoms with Gasteiger partial charge in [0.1, 0.15) is 23.6 Å². The Hall–Kier alpha value is -2.89. The third kappa shape index (κ3) is 3.79. The average molecular weight is 338 g/mol. The highest BCUT2D eigenvalue weighted by Gasteiger charge is 2.13. The van der Waals surface area contributed by atoms with Crippen molar-refractivity contribution in [3.63, 3.8) is 0 Å². The largest absolute Gasteiger partial charge is 0.489 e. The van der Waals surface area contributed by atoms with Crippen molar-refractivity contribution in [2.75, 3.05) is 13.2 Å². The molecule has 6 heteroatoms. The van der Waals surface area contributed by atoms with Gasteiger partial charge in [-0.2, -0.15) is 5.10 Å². The number of carbonyl (C=O) groups excluding carboxylic acids is 1. The zero-order chi connectivity index (χ0) is 17.8. The number of ether oxygens (including phenoxy) is 1. The molecule has 1 aromatic carbocycles. The van der Waals surface area contributed by atoms with Gasteiger partial charge in [0.05, 0.1) is 6.54 Å². The summed E-state index contributed by atoms with van der Waals surface area (Å²) in [6, 6.07) is 11.7. The molecule has 0 atom stereocenters. The number of aromatic nitrogens is 3. The lowest BCUT2D eigenvalue weighted by Gasteiger charge is -2.12. The lowest BCUT2D eigenvalue weighted by Crippen LogP contribution is -2.30. The lowest BCUT2D eigenvalue weighted by molar-refractivity contribution is 0.0934. The van der Waals surface area contributed by atoms with Crippen molar-refractivity contribution in [2.24, 2.45) is 0 Å². The molecule has 1 N–H and O–H groups in total. The monoisotopic (exact) mass is 338 g/mol. The Bertz CT molecular complexity index is 886. The summed E-state index contributed by atoms with van der Waals surface area (Å²) in [5, 5.41) is 8.07. The highest BCUT2D eigenvalue weighted by atomic mass is 16.5. The molecule has 0 aliphatic heterocycles. The summed E-state index contributed by atoms with van der Waals surface area (Å²) in [5.74, 6) is 0.573. The minimum absolute atomic E-state index is 0.136. The first-order valence-electron chi connectivity index (χ1n) is 8.37. The molecule has 25 heavy (non-hydrogen) atoms. The van der Waals surface area contributed by atoms with E-state index < -0.39 is 0 Å². The van der Waals surface area contributed by atoms with E-state index in [4.69, 9.17) is 4.74 Å². The molecule has 0 aliphatic rings. The fraction of sp³-hybridized carbons (Fsp3) is 0.316. The van der Waals surface area contributed by atoms with Crippen LogP contribution in [0.5, 0.6) is 5.75 Å². The van der Waals surface area contributed by atoms with Crippen LogP contribution in [-0.4, -0.2) is 33.8 Å². The fourth-order valence-corrected chi connectivity index (χ4v) is 2.66. The van der Waals surface area contributed by atoms with Gasteiger partial charge in [0, 0.05) is 23.3 Å². The van der Waals surface area contributed by atoms with Crippen LogP contribution in [0.1, 0.15) is 36.1 Å². The number of amides is 1. The van der Waals surface area contributed by atoms with Gasteiger partial charge in [0.25, 0.3) is 5.91 Å². The molecule has 1 amide bonds. The van der Waals surface area contributed by atoms with E-state index in [1.807, 2.05) is 51.1 Å². The minimum Gasteiger partial charge on any atom is -0.489 e. The summed E-state index contributed by atoms with van der Waals surface area (Å²) in [4.78, 5) is 16.8. The Balaban J connectivity index is 1.59. The summed E-state index contributed by atoms with van der Waals surface area (Å²) < 4.78 is 7.52. The summed E-state index contributed by atoms with van der Waals surface area (Å²) >= 11 is 0. The molecule has 130 valence electrons. The summed E-state index contributed by atoms with van der Waals surface area (Å²) in [6.45, 7) is 6.71. The minimum atomic E-state index is -0.151. The Morgan fingerprint density at radius 1 is 1.24 bits per heavy atom. The van der Waals surface area contributed by atoms with Gasteiger partial charge >= 0.3 is 0 Å². The molecule has 0 spiro atoms. The lowest BCUT2D eigenvalue weighted by atomic mass is 10.2. The van der Waals surface area contributed by atoms with Crippen LogP contribution in [0.15, 0.2) is 42.6 Å². The number of carbonyl (C=O) groups is 1. The molecular formula is C19H22N4O2. The van der Waals surface area contributed by atoms with Crippen LogP contribution in [0, 0.1) is 6.92 Å². The second-order valence-electron chi connectivity index (χ2n) is 6.14. The van der Waals surface area contributed by atoms with E-state index in [1.54, 1.807) is 16.9 Å². The van der Waals surface area contributed by atoms with Crippen LogP contribution < -0.4 is 10.1 Å². The first-order chi connectivity index (χ1) is 12.1. The number of hydrogen-bond donors (Lipinski definition) is 1. The van der Waals surface area contributed by atoms with Crippen LogP contribution in [0.2, 0.25) is 0 Å². The maximum absolute atomic E-state index is 12.3. The molecule has 0 saturated heterocycles. The maximum Gasteiger partial charge on any atom is 0.269 e. The number of aryl methyl sites for hydroxylation is 1. The standard InChI is InChI=1S/C19H22N4O2/c1-13(2)23-16(9-10-21-23)19(24)20-11-12-25-17-6-4-5-15-8-7-14(3)22-18(15)17/h4-10,13H,11-12H2,1-3H3,(H,20,24). The highest BCUT2D eigenvalue weighted by molar-refractivity contribution is 5.92. The third-order valence-electron chi connectivity index (χ3n) is 3.86. The van der Waals surface area contributed by atoms with E-state index >= 15 is 0 Å². The second-order valence-corrected chi connectivity index (χ2v) is 6.14. The van der Waals surface area contributed by atoms with Crippen LogP contribution in [0.4, 0.5) is 0 Å². The first-order valence-corrected chi connectivity index (χ1v) is 8.37. The van der Waals surface area contributed by atoms with E-state index in [0.29, 0.717) is 18.8 Å². The summed E-state index contributed by atoms with van der Waals surface area (Å²) in [5.41, 5.74) is 2.34. The van der Waals surface area contributed by atoms with E-state index in [2.05, 4.69) is 15.4 Å². The number of pyridine rings is 1. The topological polar surface area (TPSA) is 69.0 Å². The van der Waals surface area contributed by atoms with E-state index in [1.165, 1.54) is 0 Å². The summed E-state index contributed by atoms with van der Waals surface area (Å²) in [6.07, 6.45) is 1.63. The molecule has 0 aliphatic carbocycles. The zero-order valence-corrected chi connectivity index (χ0v) is 14.7. The highest BCUT2D eigenvalue weighted by Crippen LogP contribution is 2.23. The van der Waals surface area contributed by atoms with E-state index in [9.17, 15) is 4.79 Å². The fourth-order valence-electron chi connectivity index (χ4n) is 2.66. The van der Waals surface area contributed by atoms with Crippen LogP contribution in [0.25, 0.3) is 10.9 Å². The number of fused-ring (bicyclic) bond motifs is 1. The third-order valence-corrected chi connectivity index (χ3v) is 3.86. The Labute approximate surface area is 146 Å². The van der Waals surface area contributed by atoms with Gasteiger partial charge < -0.3 is 10.1 Å². The van der Waals surface area contributed by atoms with Crippen molar-refractivity contribution >= 4 is 16.8 Å². The van der Waals surface area contributed by atoms with Gasteiger partial charge in [0.15, 0.2) is 0 Å². The molecule has 0 bridgehead atoms. The average Bonchev–Trinajstić information content (AvgIpc) is 3.09. The van der Waals surface area contributed by atoms with E-state index in [0.717, 1.165) is 22.3 Å². The molecule has 3 aromatic rings.